The standard InChI is InChI=1S/C17H25N5O2/c1-13(2)14-11-19-16(24-14)12-21-7-4-8-22(10-9-21)17-18-6-5-15(20-17)23-3/h5-6,11,13H,4,7-10,12H2,1-3H3. The highest BCUT2D eigenvalue weighted by molar-refractivity contribution is 5.32. The predicted octanol–water partition coefficient (Wildman–Crippen LogP) is 2.31. The molecular formula is C17H25N5O2. The molecule has 0 aromatic carbocycles. The maximum atomic E-state index is 5.82. The Kier molecular flexibility index (Phi) is 5.30. The highest BCUT2D eigenvalue weighted by Gasteiger charge is 2.19. The van der Waals surface area contributed by atoms with Crippen molar-refractivity contribution in [2.75, 3.05) is 38.2 Å². The van der Waals surface area contributed by atoms with Crippen LogP contribution in [0, 0.1) is 0 Å². The van der Waals surface area contributed by atoms with Crippen molar-refractivity contribution < 1.29 is 9.15 Å². The molecular weight excluding hydrogens is 306 g/mol. The normalized spacial score (nSPS) is 16.4. The third-order valence-corrected chi connectivity index (χ3v) is 4.20. The van der Waals surface area contributed by atoms with Gasteiger partial charge < -0.3 is 14.1 Å². The molecule has 1 fully saturated rings. The van der Waals surface area contributed by atoms with E-state index in [1.54, 1.807) is 19.4 Å². The van der Waals surface area contributed by atoms with Crippen molar-refractivity contribution in [2.24, 2.45) is 0 Å². The molecule has 130 valence electrons. The Morgan fingerprint density at radius 2 is 2.08 bits per heavy atom. The summed E-state index contributed by atoms with van der Waals surface area (Å²) in [5.74, 6) is 3.45. The van der Waals surface area contributed by atoms with E-state index < -0.39 is 0 Å². The van der Waals surface area contributed by atoms with Crippen LogP contribution in [0.1, 0.15) is 37.8 Å². The van der Waals surface area contributed by atoms with Crippen molar-refractivity contribution in [3.8, 4) is 5.88 Å². The quantitative estimate of drug-likeness (QED) is 0.833. The second kappa shape index (κ2) is 7.61. The van der Waals surface area contributed by atoms with Gasteiger partial charge in [0, 0.05) is 44.4 Å². The second-order valence-electron chi connectivity index (χ2n) is 6.33. The molecule has 3 rings (SSSR count). The van der Waals surface area contributed by atoms with Gasteiger partial charge in [0.1, 0.15) is 5.76 Å². The second-order valence-corrected chi connectivity index (χ2v) is 6.33. The summed E-state index contributed by atoms with van der Waals surface area (Å²) < 4.78 is 11.0. The van der Waals surface area contributed by atoms with E-state index in [1.807, 2.05) is 6.20 Å². The van der Waals surface area contributed by atoms with E-state index in [2.05, 4.69) is 38.6 Å². The van der Waals surface area contributed by atoms with Crippen LogP contribution in [0.2, 0.25) is 0 Å². The van der Waals surface area contributed by atoms with Crippen LogP contribution in [0.4, 0.5) is 5.95 Å². The summed E-state index contributed by atoms with van der Waals surface area (Å²) in [6.45, 7) is 8.74. The minimum atomic E-state index is 0.371. The number of ether oxygens (including phenoxy) is 1. The van der Waals surface area contributed by atoms with Gasteiger partial charge >= 0.3 is 0 Å². The van der Waals surface area contributed by atoms with Crippen LogP contribution >= 0.6 is 0 Å². The van der Waals surface area contributed by atoms with Crippen molar-refractivity contribution >= 4 is 5.95 Å². The first-order valence-electron chi connectivity index (χ1n) is 8.44. The molecule has 2 aromatic heterocycles. The zero-order valence-corrected chi connectivity index (χ0v) is 14.6. The third kappa shape index (κ3) is 4.03. The number of anilines is 1. The zero-order valence-electron chi connectivity index (χ0n) is 14.6. The molecule has 0 unspecified atom stereocenters. The summed E-state index contributed by atoms with van der Waals surface area (Å²) in [5.41, 5.74) is 0. The molecule has 0 aliphatic carbocycles. The third-order valence-electron chi connectivity index (χ3n) is 4.20. The summed E-state index contributed by atoms with van der Waals surface area (Å²) in [6, 6.07) is 1.77. The Labute approximate surface area is 142 Å². The minimum Gasteiger partial charge on any atom is -0.481 e. The van der Waals surface area contributed by atoms with E-state index in [-0.39, 0.29) is 0 Å². The molecule has 0 amide bonds. The van der Waals surface area contributed by atoms with Gasteiger partial charge in [-0.3, -0.25) is 4.90 Å². The summed E-state index contributed by atoms with van der Waals surface area (Å²) >= 11 is 0. The van der Waals surface area contributed by atoms with E-state index in [1.165, 1.54) is 0 Å². The van der Waals surface area contributed by atoms with Crippen molar-refractivity contribution in [1.82, 2.24) is 19.9 Å². The van der Waals surface area contributed by atoms with E-state index in [0.717, 1.165) is 56.7 Å². The van der Waals surface area contributed by atoms with Gasteiger partial charge in [-0.1, -0.05) is 13.8 Å². The van der Waals surface area contributed by atoms with E-state index in [9.17, 15) is 0 Å². The first-order chi connectivity index (χ1) is 11.7. The lowest BCUT2D eigenvalue weighted by Crippen LogP contribution is -2.31. The number of hydrogen-bond donors (Lipinski definition) is 0. The smallest absolute Gasteiger partial charge is 0.228 e. The molecule has 1 saturated heterocycles. The molecule has 0 atom stereocenters. The maximum absolute atomic E-state index is 5.82. The average molecular weight is 331 g/mol. The number of oxazole rings is 1. The topological polar surface area (TPSA) is 67.5 Å². The van der Waals surface area contributed by atoms with Gasteiger partial charge in [0.2, 0.25) is 17.7 Å². The minimum absolute atomic E-state index is 0.371. The Balaban J connectivity index is 1.60. The molecule has 1 aliphatic rings. The van der Waals surface area contributed by atoms with Crippen molar-refractivity contribution in [3.63, 3.8) is 0 Å². The molecule has 2 aromatic rings. The number of rotatable bonds is 5. The predicted molar refractivity (Wildman–Crippen MR) is 91.3 cm³/mol. The molecule has 3 heterocycles. The number of hydrogen-bond acceptors (Lipinski definition) is 7. The molecule has 24 heavy (non-hydrogen) atoms. The number of aromatic nitrogens is 3. The van der Waals surface area contributed by atoms with Gasteiger partial charge in [-0.25, -0.2) is 9.97 Å². The molecule has 0 saturated carbocycles. The average Bonchev–Trinajstić information content (AvgIpc) is 2.94. The Morgan fingerprint density at radius 1 is 1.21 bits per heavy atom. The monoisotopic (exact) mass is 331 g/mol. The van der Waals surface area contributed by atoms with Crippen LogP contribution in [0.15, 0.2) is 22.9 Å². The summed E-state index contributed by atoms with van der Waals surface area (Å²) in [5, 5.41) is 0. The molecule has 0 radical (unpaired) electrons. The van der Waals surface area contributed by atoms with E-state index >= 15 is 0 Å². The van der Waals surface area contributed by atoms with Gasteiger partial charge in [-0.2, -0.15) is 4.98 Å². The fourth-order valence-electron chi connectivity index (χ4n) is 2.78. The van der Waals surface area contributed by atoms with Crippen LogP contribution in [-0.2, 0) is 6.54 Å². The lowest BCUT2D eigenvalue weighted by Gasteiger charge is -2.21. The lowest BCUT2D eigenvalue weighted by molar-refractivity contribution is 0.251. The first-order valence-corrected chi connectivity index (χ1v) is 8.44. The zero-order chi connectivity index (χ0) is 16.9. The Hall–Kier alpha value is -2.15. The van der Waals surface area contributed by atoms with Crippen LogP contribution < -0.4 is 9.64 Å². The van der Waals surface area contributed by atoms with Gasteiger partial charge in [0.25, 0.3) is 0 Å². The van der Waals surface area contributed by atoms with Gasteiger partial charge in [0.15, 0.2) is 0 Å². The molecule has 0 N–H and O–H groups in total. The Morgan fingerprint density at radius 3 is 2.83 bits per heavy atom. The van der Waals surface area contributed by atoms with E-state index in [4.69, 9.17) is 9.15 Å². The van der Waals surface area contributed by atoms with Crippen LogP contribution in [0.25, 0.3) is 0 Å². The van der Waals surface area contributed by atoms with Crippen molar-refractivity contribution in [2.45, 2.75) is 32.7 Å². The van der Waals surface area contributed by atoms with E-state index in [0.29, 0.717) is 11.8 Å². The molecule has 1 aliphatic heterocycles. The highest BCUT2D eigenvalue weighted by Crippen LogP contribution is 2.18. The summed E-state index contributed by atoms with van der Waals surface area (Å²) in [4.78, 5) is 17.8. The Bertz CT molecular complexity index is 658. The molecule has 7 nitrogen and oxygen atoms in total. The fourth-order valence-corrected chi connectivity index (χ4v) is 2.78. The van der Waals surface area contributed by atoms with Crippen LogP contribution in [0.3, 0.4) is 0 Å². The lowest BCUT2D eigenvalue weighted by atomic mass is 10.2. The SMILES string of the molecule is COc1ccnc(N2CCCN(Cc3ncc(C(C)C)o3)CC2)n1. The number of nitrogens with zero attached hydrogens (tertiary/aromatic N) is 5. The van der Waals surface area contributed by atoms with Crippen LogP contribution in [0.5, 0.6) is 5.88 Å². The fraction of sp³-hybridized carbons (Fsp3) is 0.588. The van der Waals surface area contributed by atoms with Crippen LogP contribution in [-0.4, -0.2) is 53.1 Å². The summed E-state index contributed by atoms with van der Waals surface area (Å²) in [6.07, 6.45) is 4.64. The van der Waals surface area contributed by atoms with Gasteiger partial charge in [-0.05, 0) is 6.42 Å². The molecule has 0 bridgehead atoms. The first kappa shape index (κ1) is 16.7. The summed E-state index contributed by atoms with van der Waals surface area (Å²) in [7, 11) is 1.62. The van der Waals surface area contributed by atoms with Gasteiger partial charge in [0.05, 0.1) is 19.9 Å². The number of methoxy groups -OCH3 is 1. The molecule has 0 spiro atoms. The van der Waals surface area contributed by atoms with Crippen molar-refractivity contribution in [3.05, 3.63) is 30.1 Å². The molecule has 7 heteroatoms. The van der Waals surface area contributed by atoms with Crippen molar-refractivity contribution in [1.29, 1.82) is 0 Å². The largest absolute Gasteiger partial charge is 0.481 e. The highest BCUT2D eigenvalue weighted by atomic mass is 16.5. The van der Waals surface area contributed by atoms with Gasteiger partial charge in [-0.15, -0.1) is 0 Å². The maximum Gasteiger partial charge on any atom is 0.228 e.